The minimum Gasteiger partial charge on any atom is -0.297 e. The maximum absolute atomic E-state index is 10.9. The van der Waals surface area contributed by atoms with Gasteiger partial charge in [-0.05, 0) is 62.9 Å². The molecule has 2 heteroatoms. The van der Waals surface area contributed by atoms with Crippen LogP contribution >= 0.6 is 11.8 Å². The number of hydrogen-bond acceptors (Lipinski definition) is 2. The van der Waals surface area contributed by atoms with Gasteiger partial charge < -0.3 is 0 Å². The molecule has 0 saturated heterocycles. The third kappa shape index (κ3) is 6.02. The highest BCUT2D eigenvalue weighted by Crippen LogP contribution is 2.40. The molecule has 0 aromatic carbocycles. The van der Waals surface area contributed by atoms with Crippen LogP contribution in [0, 0.1) is 5.41 Å². The second-order valence-corrected chi connectivity index (χ2v) is 7.75. The highest BCUT2D eigenvalue weighted by Gasteiger charge is 2.26. The van der Waals surface area contributed by atoms with Crippen molar-refractivity contribution in [3.63, 3.8) is 0 Å². The van der Waals surface area contributed by atoms with E-state index >= 15 is 0 Å². The molecule has 126 valence electrons. The van der Waals surface area contributed by atoms with E-state index in [1.165, 1.54) is 47.7 Å². The molecule has 0 heterocycles. The van der Waals surface area contributed by atoms with Crippen molar-refractivity contribution in [2.75, 3.05) is 6.26 Å². The molecule has 1 aliphatic rings. The van der Waals surface area contributed by atoms with Crippen LogP contribution in [-0.4, -0.2) is 12.5 Å². The Hall–Kier alpha value is -1.28. The molecule has 0 fully saturated rings. The van der Waals surface area contributed by atoms with Crippen LogP contribution < -0.4 is 0 Å². The molecular weight excluding hydrogens is 300 g/mol. The zero-order valence-corrected chi connectivity index (χ0v) is 16.2. The lowest BCUT2D eigenvalue weighted by molar-refractivity contribution is -0.104. The van der Waals surface area contributed by atoms with E-state index in [1.807, 2.05) is 25.3 Å². The van der Waals surface area contributed by atoms with Crippen molar-refractivity contribution in [1.82, 2.24) is 0 Å². The Bertz CT molecular complexity index is 583. The number of allylic oxidation sites excluding steroid dienone is 10. The number of rotatable bonds is 6. The standard InChI is InChI=1S/C21H30OS/c1-16(9-7-10-18(3)20(15-22)23-6)12-13-19-17(2)11-8-14-21(19,4)5/h7,9-10,12-13,15H,8,11,14H2,1-6H3/b10-7+,13-12+,16-9+,20-18-. The Morgan fingerprint density at radius 1 is 1.22 bits per heavy atom. The lowest BCUT2D eigenvalue weighted by Gasteiger charge is -2.32. The van der Waals surface area contributed by atoms with Crippen LogP contribution in [0.4, 0.5) is 0 Å². The Balaban J connectivity index is 2.85. The predicted octanol–water partition coefficient (Wildman–Crippen LogP) is 6.41. The lowest BCUT2D eigenvalue weighted by atomic mass is 9.72. The average Bonchev–Trinajstić information content (AvgIpc) is 2.47. The zero-order chi connectivity index (χ0) is 17.5. The van der Waals surface area contributed by atoms with Crippen molar-refractivity contribution in [2.24, 2.45) is 5.41 Å². The van der Waals surface area contributed by atoms with Gasteiger partial charge in [-0.25, -0.2) is 0 Å². The van der Waals surface area contributed by atoms with Crippen molar-refractivity contribution in [3.8, 4) is 0 Å². The van der Waals surface area contributed by atoms with Crippen LogP contribution in [0.3, 0.4) is 0 Å². The van der Waals surface area contributed by atoms with Gasteiger partial charge in [0.1, 0.15) is 0 Å². The second kappa shape index (κ2) is 9.12. The number of carbonyl (C=O) groups excluding carboxylic acids is 1. The van der Waals surface area contributed by atoms with Crippen molar-refractivity contribution < 1.29 is 4.79 Å². The van der Waals surface area contributed by atoms with E-state index in [9.17, 15) is 4.79 Å². The third-order valence-corrected chi connectivity index (χ3v) is 5.33. The summed E-state index contributed by atoms with van der Waals surface area (Å²) in [7, 11) is 0. The SMILES string of the molecule is CS\C(C=O)=C(C)/C=C/C=C(C)/C=C/C1=C(C)CCCC1(C)C. The predicted molar refractivity (Wildman–Crippen MR) is 105 cm³/mol. The van der Waals surface area contributed by atoms with E-state index in [-0.39, 0.29) is 5.41 Å². The summed E-state index contributed by atoms with van der Waals surface area (Å²) in [5.74, 6) is 0. The summed E-state index contributed by atoms with van der Waals surface area (Å²) in [5, 5.41) is 0. The van der Waals surface area contributed by atoms with Gasteiger partial charge in [0.05, 0.1) is 0 Å². The normalized spacial score (nSPS) is 20.3. The lowest BCUT2D eigenvalue weighted by Crippen LogP contribution is -2.19. The van der Waals surface area contributed by atoms with Gasteiger partial charge in [0.15, 0.2) is 6.29 Å². The molecule has 0 bridgehead atoms. The van der Waals surface area contributed by atoms with Gasteiger partial charge in [-0.2, -0.15) is 0 Å². The summed E-state index contributed by atoms with van der Waals surface area (Å²) in [6.07, 6.45) is 17.2. The molecule has 0 saturated carbocycles. The molecule has 1 aliphatic carbocycles. The fourth-order valence-corrected chi connectivity index (χ4v) is 3.50. The summed E-state index contributed by atoms with van der Waals surface area (Å²) in [4.78, 5) is 11.7. The number of aldehydes is 1. The maximum Gasteiger partial charge on any atom is 0.156 e. The Morgan fingerprint density at radius 3 is 2.48 bits per heavy atom. The first-order chi connectivity index (χ1) is 10.8. The molecule has 0 aromatic rings. The molecule has 0 aliphatic heterocycles. The first kappa shape index (κ1) is 19.8. The maximum atomic E-state index is 10.9. The molecular formula is C21H30OS. The summed E-state index contributed by atoms with van der Waals surface area (Å²) in [5.41, 5.74) is 5.52. The number of thioether (sulfide) groups is 1. The Kier molecular flexibility index (Phi) is 7.84. The van der Waals surface area contributed by atoms with Crippen LogP contribution in [0.5, 0.6) is 0 Å². The molecule has 0 spiro atoms. The van der Waals surface area contributed by atoms with E-state index in [0.29, 0.717) is 0 Å². The zero-order valence-electron chi connectivity index (χ0n) is 15.4. The van der Waals surface area contributed by atoms with E-state index in [4.69, 9.17) is 0 Å². The van der Waals surface area contributed by atoms with Crippen molar-refractivity contribution >= 4 is 18.0 Å². The summed E-state index contributed by atoms with van der Waals surface area (Å²) in [6.45, 7) is 11.0. The first-order valence-electron chi connectivity index (χ1n) is 8.25. The van der Waals surface area contributed by atoms with Gasteiger partial charge in [-0.3, -0.25) is 4.79 Å². The average molecular weight is 331 g/mol. The molecule has 0 radical (unpaired) electrons. The Morgan fingerprint density at radius 2 is 1.91 bits per heavy atom. The topological polar surface area (TPSA) is 17.1 Å². The molecule has 0 N–H and O–H groups in total. The molecule has 0 atom stereocenters. The van der Waals surface area contributed by atoms with Gasteiger partial charge in [0.25, 0.3) is 0 Å². The van der Waals surface area contributed by atoms with Gasteiger partial charge >= 0.3 is 0 Å². The highest BCUT2D eigenvalue weighted by atomic mass is 32.2. The van der Waals surface area contributed by atoms with Crippen molar-refractivity contribution in [1.29, 1.82) is 0 Å². The summed E-state index contributed by atoms with van der Waals surface area (Å²) in [6, 6.07) is 0. The second-order valence-electron chi connectivity index (χ2n) is 6.90. The van der Waals surface area contributed by atoms with Gasteiger partial charge in [0.2, 0.25) is 0 Å². The first-order valence-corrected chi connectivity index (χ1v) is 9.47. The molecule has 0 unspecified atom stereocenters. The van der Waals surface area contributed by atoms with E-state index in [2.05, 4.69) is 45.9 Å². The minimum atomic E-state index is 0.283. The van der Waals surface area contributed by atoms with Crippen molar-refractivity contribution in [3.05, 3.63) is 57.6 Å². The number of hydrogen-bond donors (Lipinski definition) is 0. The summed E-state index contributed by atoms with van der Waals surface area (Å²) >= 11 is 1.49. The van der Waals surface area contributed by atoms with Crippen LogP contribution in [-0.2, 0) is 4.79 Å². The molecule has 23 heavy (non-hydrogen) atoms. The van der Waals surface area contributed by atoms with Gasteiger partial charge in [-0.15, -0.1) is 11.8 Å². The van der Waals surface area contributed by atoms with Crippen LogP contribution in [0.1, 0.15) is 53.9 Å². The van der Waals surface area contributed by atoms with Crippen LogP contribution in [0.2, 0.25) is 0 Å². The van der Waals surface area contributed by atoms with Crippen molar-refractivity contribution in [2.45, 2.75) is 53.9 Å². The molecule has 1 rings (SSSR count). The largest absolute Gasteiger partial charge is 0.297 e. The minimum absolute atomic E-state index is 0.283. The van der Waals surface area contributed by atoms with Crippen LogP contribution in [0.25, 0.3) is 0 Å². The number of carbonyl (C=O) groups is 1. The smallest absolute Gasteiger partial charge is 0.156 e. The van der Waals surface area contributed by atoms with E-state index < -0.39 is 0 Å². The molecule has 0 aromatic heterocycles. The van der Waals surface area contributed by atoms with E-state index in [0.717, 1.165) is 16.8 Å². The quantitative estimate of drug-likeness (QED) is 0.318. The highest BCUT2D eigenvalue weighted by molar-refractivity contribution is 8.03. The summed E-state index contributed by atoms with van der Waals surface area (Å²) < 4.78 is 0. The van der Waals surface area contributed by atoms with Gasteiger partial charge in [-0.1, -0.05) is 55.4 Å². The molecule has 1 nitrogen and oxygen atoms in total. The monoisotopic (exact) mass is 330 g/mol. The van der Waals surface area contributed by atoms with Crippen LogP contribution in [0.15, 0.2) is 57.6 Å². The van der Waals surface area contributed by atoms with Gasteiger partial charge in [0, 0.05) is 4.91 Å². The van der Waals surface area contributed by atoms with E-state index in [1.54, 1.807) is 0 Å². The fraction of sp³-hybridized carbons (Fsp3) is 0.476. The fourth-order valence-electron chi connectivity index (χ4n) is 3.01. The third-order valence-electron chi connectivity index (χ3n) is 4.48. The Labute approximate surface area is 146 Å². The molecule has 0 amide bonds.